The Bertz CT molecular complexity index is 2940. The average Bonchev–Trinajstić information content (AvgIpc) is 3.60. The molecule has 0 saturated heterocycles. The molecule has 5 N–H and O–H groups in total. The van der Waals surface area contributed by atoms with Gasteiger partial charge in [-0.2, -0.15) is 0 Å². The highest BCUT2D eigenvalue weighted by Crippen LogP contribution is 2.17. The van der Waals surface area contributed by atoms with Gasteiger partial charge in [-0.05, 0) is 79.1 Å². The Morgan fingerprint density at radius 3 is 1.41 bits per heavy atom. The Morgan fingerprint density at radius 2 is 0.915 bits per heavy atom. The van der Waals surface area contributed by atoms with E-state index in [4.69, 9.17) is 23.7 Å². The SMILES string of the molecule is CN(CCC(=O)OCc1ccccc1)C(=O)[C@H](Cc1ccccc1)NC(=O)[C@@H](CCCN=C(NC(=O)OCc1ccccc1)NC(=O)OCc1ccccc1)NC(=O)[C@H](Cc1ccc(OCc2ccccc2)cc1)NC(=O)OC(C)(C)C. The third-order valence-electron chi connectivity index (χ3n) is 12.2. The summed E-state index contributed by atoms with van der Waals surface area (Å²) in [6.45, 7) is 5.08. The Hall–Kier alpha value is -9.52. The maximum Gasteiger partial charge on any atom is 0.414 e. The number of nitrogens with one attached hydrogen (secondary N) is 5. The summed E-state index contributed by atoms with van der Waals surface area (Å²) < 4.78 is 27.8. The molecule has 0 fully saturated rings. The van der Waals surface area contributed by atoms with E-state index in [0.717, 1.165) is 11.1 Å². The van der Waals surface area contributed by atoms with Crippen molar-refractivity contribution in [3.05, 3.63) is 209 Å². The number of carbonyl (C=O) groups excluding carboxylic acids is 7. The lowest BCUT2D eigenvalue weighted by Gasteiger charge is -2.28. The third-order valence-corrected chi connectivity index (χ3v) is 12.2. The van der Waals surface area contributed by atoms with Crippen LogP contribution in [-0.4, -0.2) is 96.7 Å². The van der Waals surface area contributed by atoms with Gasteiger partial charge in [0.05, 0.1) is 6.42 Å². The van der Waals surface area contributed by atoms with Gasteiger partial charge in [-0.15, -0.1) is 0 Å². The highest BCUT2D eigenvalue weighted by molar-refractivity contribution is 6.01. The van der Waals surface area contributed by atoms with Gasteiger partial charge in [0, 0.05) is 33.0 Å². The fourth-order valence-corrected chi connectivity index (χ4v) is 7.97. The second-order valence-corrected chi connectivity index (χ2v) is 20.0. The smallest absolute Gasteiger partial charge is 0.414 e. The standard InChI is InChI=1S/C63H71N7O12/c1-63(2,3)82-62(77)67-53(39-46-32-34-51(35-33-46)78-41-47-23-12-6-13-24-47)57(73)65-52(31-20-37-64-59(68-60(75)80-43-49-27-16-8-17-28-49)69-61(76)81-44-50-29-18-9-19-30-50)56(72)66-54(40-45-21-10-5-11-22-45)58(74)70(4)38-36-55(71)79-42-48-25-14-7-15-26-48/h5-19,21-30,32-35,52-54H,20,31,36-44H2,1-4H3,(H,65,73)(H,66,72)(H,67,77)(H2,64,68,69,75,76)/t52-,53+,54+/m1/s1. The molecule has 0 aliphatic heterocycles. The summed E-state index contributed by atoms with van der Waals surface area (Å²) in [5.74, 6) is -2.32. The van der Waals surface area contributed by atoms with Crippen LogP contribution in [0.2, 0.25) is 0 Å². The van der Waals surface area contributed by atoms with E-state index in [1.54, 1.807) is 118 Å². The van der Waals surface area contributed by atoms with Gasteiger partial charge in [-0.25, -0.2) is 14.4 Å². The first kappa shape index (κ1) is 61.7. The zero-order valence-corrected chi connectivity index (χ0v) is 46.5. The topological polar surface area (TPSA) is 241 Å². The van der Waals surface area contributed by atoms with Gasteiger partial charge in [0.2, 0.25) is 23.7 Å². The number of nitrogens with zero attached hydrogens (tertiary/aromatic N) is 2. The van der Waals surface area contributed by atoms with Crippen molar-refractivity contribution < 1.29 is 57.2 Å². The first-order valence-electron chi connectivity index (χ1n) is 26.9. The monoisotopic (exact) mass is 1120 g/mol. The van der Waals surface area contributed by atoms with E-state index in [9.17, 15) is 33.6 Å². The van der Waals surface area contributed by atoms with Crippen LogP contribution in [0, 0.1) is 0 Å². The minimum atomic E-state index is -1.38. The van der Waals surface area contributed by atoms with Gasteiger partial charge in [0.25, 0.3) is 0 Å². The molecule has 0 unspecified atom stereocenters. The molecule has 0 bridgehead atoms. The Balaban J connectivity index is 1.23. The van der Waals surface area contributed by atoms with Gasteiger partial charge in [-0.3, -0.25) is 34.8 Å². The van der Waals surface area contributed by atoms with Crippen LogP contribution < -0.4 is 31.3 Å². The van der Waals surface area contributed by atoms with Gasteiger partial charge >= 0.3 is 24.2 Å². The summed E-state index contributed by atoms with van der Waals surface area (Å²) in [6.07, 6.45) is -2.96. The fraction of sp³-hybridized carbons (Fsp3) is 0.302. The quantitative estimate of drug-likeness (QED) is 0.0113. The first-order chi connectivity index (χ1) is 39.5. The maximum absolute atomic E-state index is 14.8. The molecule has 0 aliphatic rings. The van der Waals surface area contributed by atoms with Crippen molar-refractivity contribution in [2.75, 3.05) is 20.1 Å². The molecule has 82 heavy (non-hydrogen) atoms. The predicted molar refractivity (Wildman–Crippen MR) is 308 cm³/mol. The summed E-state index contributed by atoms with van der Waals surface area (Å²) in [5.41, 5.74) is 3.61. The van der Waals surface area contributed by atoms with Crippen molar-refractivity contribution in [1.82, 2.24) is 31.5 Å². The van der Waals surface area contributed by atoms with Crippen LogP contribution in [0.25, 0.3) is 0 Å². The van der Waals surface area contributed by atoms with Gasteiger partial charge in [0.15, 0.2) is 0 Å². The van der Waals surface area contributed by atoms with E-state index >= 15 is 0 Å². The number of benzene rings is 6. The molecule has 3 atom stereocenters. The second-order valence-electron chi connectivity index (χ2n) is 20.0. The maximum atomic E-state index is 14.8. The highest BCUT2D eigenvalue weighted by atomic mass is 16.6. The molecule has 6 aromatic rings. The molecule has 0 saturated carbocycles. The number of hydrogen-bond acceptors (Lipinski definition) is 13. The summed E-state index contributed by atoms with van der Waals surface area (Å²) in [4.78, 5) is 102. The number of amides is 6. The van der Waals surface area contributed by atoms with Crippen LogP contribution in [-0.2, 0) is 77.4 Å². The van der Waals surface area contributed by atoms with Crippen LogP contribution in [0.15, 0.2) is 181 Å². The summed E-state index contributed by atoms with van der Waals surface area (Å²) in [7, 11) is 1.51. The molecule has 19 heteroatoms. The van der Waals surface area contributed by atoms with Crippen molar-refractivity contribution in [1.29, 1.82) is 0 Å². The van der Waals surface area contributed by atoms with Crippen LogP contribution in [0.3, 0.4) is 0 Å². The lowest BCUT2D eigenvalue weighted by molar-refractivity contribution is -0.146. The molecule has 0 heterocycles. The first-order valence-corrected chi connectivity index (χ1v) is 26.9. The third kappa shape index (κ3) is 23.1. The Morgan fingerprint density at radius 1 is 0.488 bits per heavy atom. The van der Waals surface area contributed by atoms with E-state index in [1.807, 2.05) is 78.9 Å². The summed E-state index contributed by atoms with van der Waals surface area (Å²) in [5, 5.41) is 13.3. The van der Waals surface area contributed by atoms with Gasteiger partial charge < -0.3 is 44.5 Å². The van der Waals surface area contributed by atoms with E-state index in [1.165, 1.54) is 11.9 Å². The fourth-order valence-electron chi connectivity index (χ4n) is 7.97. The molecule has 0 aliphatic carbocycles. The van der Waals surface area contributed by atoms with Crippen molar-refractivity contribution >= 4 is 47.9 Å². The molecule has 6 rings (SSSR count). The van der Waals surface area contributed by atoms with Crippen LogP contribution in [0.5, 0.6) is 5.75 Å². The zero-order chi connectivity index (χ0) is 58.5. The van der Waals surface area contributed by atoms with Gasteiger partial charge in [-0.1, -0.05) is 164 Å². The molecule has 0 aromatic heterocycles. The number of likely N-dealkylation sites (N-methyl/N-ethyl adjacent to an activating group) is 1. The molecular formula is C63H71N7O12. The van der Waals surface area contributed by atoms with Crippen molar-refractivity contribution in [2.24, 2.45) is 4.99 Å². The summed E-state index contributed by atoms with van der Waals surface area (Å²) >= 11 is 0. The highest BCUT2D eigenvalue weighted by Gasteiger charge is 2.32. The number of guanidine groups is 1. The van der Waals surface area contributed by atoms with Crippen LogP contribution in [0.1, 0.15) is 73.4 Å². The van der Waals surface area contributed by atoms with Crippen molar-refractivity contribution in [3.63, 3.8) is 0 Å². The number of esters is 1. The molecule has 6 aromatic carbocycles. The van der Waals surface area contributed by atoms with Crippen molar-refractivity contribution in [3.8, 4) is 5.75 Å². The molecule has 0 spiro atoms. The number of carbonyl (C=O) groups is 7. The number of aliphatic imine (C=N–C) groups is 1. The number of alkyl carbamates (subject to hydrolysis) is 3. The number of rotatable bonds is 26. The lowest BCUT2D eigenvalue weighted by Crippen LogP contribution is -2.57. The average molecular weight is 1120 g/mol. The molecule has 19 nitrogen and oxygen atoms in total. The minimum absolute atomic E-state index is 0.0338. The largest absolute Gasteiger partial charge is 0.489 e. The van der Waals surface area contributed by atoms with E-state index in [2.05, 4.69) is 31.6 Å². The molecular weight excluding hydrogens is 1050 g/mol. The van der Waals surface area contributed by atoms with E-state index in [0.29, 0.717) is 34.6 Å². The van der Waals surface area contributed by atoms with Crippen LogP contribution in [0.4, 0.5) is 14.4 Å². The lowest BCUT2D eigenvalue weighted by atomic mass is 10.0. The zero-order valence-electron chi connectivity index (χ0n) is 46.5. The predicted octanol–water partition coefficient (Wildman–Crippen LogP) is 8.49. The van der Waals surface area contributed by atoms with Gasteiger partial charge in [0.1, 0.15) is 55.9 Å². The summed E-state index contributed by atoms with van der Waals surface area (Å²) in [6, 6.07) is 48.8. The normalized spacial score (nSPS) is 11.9. The van der Waals surface area contributed by atoms with E-state index < -0.39 is 65.7 Å². The Kier molecular flexibility index (Phi) is 24.5. The number of ether oxygens (including phenoxy) is 5. The second kappa shape index (κ2) is 32.5. The van der Waals surface area contributed by atoms with Crippen LogP contribution >= 0.6 is 0 Å². The molecule has 0 radical (unpaired) electrons. The number of hydrogen-bond donors (Lipinski definition) is 5. The Labute approximate surface area is 478 Å². The molecule has 430 valence electrons. The minimum Gasteiger partial charge on any atom is -0.489 e. The van der Waals surface area contributed by atoms with Crippen molar-refractivity contribution in [2.45, 2.75) is 103 Å². The van der Waals surface area contributed by atoms with E-state index in [-0.39, 0.29) is 71.0 Å². The molecule has 6 amide bonds.